The van der Waals surface area contributed by atoms with E-state index >= 15 is 0 Å². The third-order valence-corrected chi connectivity index (χ3v) is 6.26. The largest absolute Gasteiger partial charge is 0.452 e. The lowest BCUT2D eigenvalue weighted by atomic mass is 9.98. The van der Waals surface area contributed by atoms with Gasteiger partial charge in [-0.1, -0.05) is 78.4 Å². The molecule has 0 aromatic heterocycles. The van der Waals surface area contributed by atoms with Crippen molar-refractivity contribution in [1.29, 1.82) is 0 Å². The third-order valence-electron chi connectivity index (χ3n) is 6.26. The topological polar surface area (TPSA) is 12.5 Å². The molecule has 0 saturated heterocycles. The minimum absolute atomic E-state index is 0.891. The van der Waals surface area contributed by atoms with Crippen LogP contribution in [-0.2, 0) is 0 Å². The summed E-state index contributed by atoms with van der Waals surface area (Å²) in [6.45, 7) is 6.57. The van der Waals surface area contributed by atoms with Gasteiger partial charge in [-0.2, -0.15) is 0 Å². The smallest absolute Gasteiger partial charge is 0.159 e. The first kappa shape index (κ1) is 18.0. The van der Waals surface area contributed by atoms with Crippen LogP contribution >= 0.6 is 0 Å². The van der Waals surface area contributed by atoms with Crippen molar-refractivity contribution in [2.24, 2.45) is 0 Å². The fourth-order valence-electron chi connectivity index (χ4n) is 5.05. The van der Waals surface area contributed by atoms with E-state index in [1.54, 1.807) is 0 Å². The molecule has 2 nitrogen and oxygen atoms in total. The molecule has 0 unspecified atom stereocenters. The molecule has 0 radical (unpaired) electrons. The van der Waals surface area contributed by atoms with E-state index in [1.165, 1.54) is 38.5 Å². The Bertz CT molecular complexity index is 1480. The van der Waals surface area contributed by atoms with Crippen molar-refractivity contribution >= 4 is 38.6 Å². The van der Waals surface area contributed by atoms with E-state index in [1.807, 2.05) is 0 Å². The Morgan fingerprint density at radius 1 is 0.613 bits per heavy atom. The summed E-state index contributed by atoms with van der Waals surface area (Å²) in [5.74, 6) is 1.81. The molecule has 1 aliphatic heterocycles. The zero-order valence-corrected chi connectivity index (χ0v) is 17.9. The lowest BCUT2D eigenvalue weighted by molar-refractivity contribution is 0.483. The second-order valence-corrected chi connectivity index (χ2v) is 8.45. The summed E-state index contributed by atoms with van der Waals surface area (Å²) in [4.78, 5) is 2.41. The van der Waals surface area contributed by atoms with Crippen LogP contribution < -0.4 is 9.64 Å². The first-order chi connectivity index (χ1) is 15.1. The van der Waals surface area contributed by atoms with E-state index in [0.717, 1.165) is 28.3 Å². The maximum absolute atomic E-state index is 6.61. The Morgan fingerprint density at radius 2 is 1.23 bits per heavy atom. The molecule has 0 N–H and O–H groups in total. The molecule has 1 aliphatic rings. The van der Waals surface area contributed by atoms with Crippen molar-refractivity contribution < 1.29 is 4.74 Å². The molecule has 0 spiro atoms. The van der Waals surface area contributed by atoms with Crippen LogP contribution in [0.25, 0.3) is 21.5 Å². The van der Waals surface area contributed by atoms with Crippen molar-refractivity contribution in [1.82, 2.24) is 0 Å². The highest BCUT2D eigenvalue weighted by Crippen LogP contribution is 2.56. The van der Waals surface area contributed by atoms with Crippen molar-refractivity contribution in [3.8, 4) is 11.5 Å². The van der Waals surface area contributed by atoms with Gasteiger partial charge in [0.25, 0.3) is 0 Å². The molecule has 0 atom stereocenters. The van der Waals surface area contributed by atoms with E-state index in [-0.39, 0.29) is 0 Å². The number of nitrogens with zero attached hydrogens (tertiary/aromatic N) is 1. The Hall–Kier alpha value is -3.78. The third kappa shape index (κ3) is 2.65. The predicted molar refractivity (Wildman–Crippen MR) is 130 cm³/mol. The summed E-state index contributed by atoms with van der Waals surface area (Å²) >= 11 is 0. The number of anilines is 3. The zero-order valence-electron chi connectivity index (χ0n) is 17.9. The van der Waals surface area contributed by atoms with E-state index in [4.69, 9.17) is 4.74 Å². The Labute approximate surface area is 182 Å². The van der Waals surface area contributed by atoms with Gasteiger partial charge in [-0.3, -0.25) is 0 Å². The Kier molecular flexibility index (Phi) is 3.85. The number of aryl methyl sites for hydroxylation is 3. The summed E-state index contributed by atoms with van der Waals surface area (Å²) in [6, 6.07) is 30.2. The molecule has 0 bridgehead atoms. The van der Waals surface area contributed by atoms with Crippen molar-refractivity contribution in [3.63, 3.8) is 0 Å². The van der Waals surface area contributed by atoms with Gasteiger partial charge in [-0.25, -0.2) is 0 Å². The molecule has 0 amide bonds. The standard InChI is InChI=1S/C29H23NO/c1-18-16-19(2)27(20(3)17-18)30-25-14-12-22-9-5-7-11-24(22)29(25)31-26-15-13-21-8-4-6-10-23(21)28(26)30/h4-17H,1-3H3. The molecule has 2 heteroatoms. The highest BCUT2D eigenvalue weighted by molar-refractivity contribution is 6.07. The fraction of sp³-hybridized carbons (Fsp3) is 0.103. The van der Waals surface area contributed by atoms with Gasteiger partial charge in [0.1, 0.15) is 0 Å². The molecule has 150 valence electrons. The number of benzene rings is 5. The van der Waals surface area contributed by atoms with Gasteiger partial charge in [-0.15, -0.1) is 0 Å². The molecular formula is C29H23NO. The van der Waals surface area contributed by atoms with Gasteiger partial charge in [0.05, 0.1) is 17.1 Å². The molecule has 0 fully saturated rings. The molecule has 31 heavy (non-hydrogen) atoms. The maximum atomic E-state index is 6.61. The monoisotopic (exact) mass is 401 g/mol. The van der Waals surface area contributed by atoms with Crippen LogP contribution in [0.1, 0.15) is 16.7 Å². The first-order valence-electron chi connectivity index (χ1n) is 10.7. The Balaban J connectivity index is 1.76. The van der Waals surface area contributed by atoms with Gasteiger partial charge in [0, 0.05) is 10.8 Å². The molecule has 1 heterocycles. The predicted octanol–water partition coefficient (Wildman–Crippen LogP) is 8.49. The number of fused-ring (bicyclic) bond motifs is 6. The molecule has 5 aromatic carbocycles. The second kappa shape index (κ2) is 6.61. The van der Waals surface area contributed by atoms with Crippen molar-refractivity contribution in [2.45, 2.75) is 20.8 Å². The molecule has 0 aliphatic carbocycles. The lowest BCUT2D eigenvalue weighted by Gasteiger charge is -2.36. The first-order valence-corrected chi connectivity index (χ1v) is 10.7. The quantitative estimate of drug-likeness (QED) is 0.274. The van der Waals surface area contributed by atoms with Crippen LogP contribution in [0.2, 0.25) is 0 Å². The fourth-order valence-corrected chi connectivity index (χ4v) is 5.05. The summed E-state index contributed by atoms with van der Waals surface area (Å²) in [5, 5.41) is 4.72. The number of hydrogen-bond acceptors (Lipinski definition) is 2. The summed E-state index contributed by atoms with van der Waals surface area (Å²) in [6.07, 6.45) is 0. The van der Waals surface area contributed by atoms with Crippen LogP contribution in [0, 0.1) is 20.8 Å². The second-order valence-electron chi connectivity index (χ2n) is 8.45. The Morgan fingerprint density at radius 3 is 1.97 bits per heavy atom. The molecular weight excluding hydrogens is 378 g/mol. The van der Waals surface area contributed by atoms with Crippen LogP contribution in [0.4, 0.5) is 17.1 Å². The van der Waals surface area contributed by atoms with E-state index in [0.29, 0.717) is 0 Å². The van der Waals surface area contributed by atoms with Crippen LogP contribution in [0.15, 0.2) is 84.9 Å². The SMILES string of the molecule is Cc1cc(C)c(N2c3ccc4ccccc4c3Oc3ccc4ccccc4c32)c(C)c1. The van der Waals surface area contributed by atoms with E-state index in [9.17, 15) is 0 Å². The molecule has 6 rings (SSSR count). The summed E-state index contributed by atoms with van der Waals surface area (Å²) < 4.78 is 6.61. The van der Waals surface area contributed by atoms with Gasteiger partial charge >= 0.3 is 0 Å². The van der Waals surface area contributed by atoms with Gasteiger partial charge < -0.3 is 9.64 Å². The van der Waals surface area contributed by atoms with Gasteiger partial charge in [0.2, 0.25) is 0 Å². The van der Waals surface area contributed by atoms with Crippen LogP contribution in [0.5, 0.6) is 11.5 Å². The highest BCUT2D eigenvalue weighted by Gasteiger charge is 2.30. The normalized spacial score (nSPS) is 12.5. The molecule has 0 saturated carbocycles. The van der Waals surface area contributed by atoms with Crippen molar-refractivity contribution in [2.75, 3.05) is 4.90 Å². The zero-order chi connectivity index (χ0) is 21.1. The van der Waals surface area contributed by atoms with Gasteiger partial charge in [0.15, 0.2) is 11.5 Å². The number of rotatable bonds is 1. The highest BCUT2D eigenvalue weighted by atomic mass is 16.5. The number of hydrogen-bond donors (Lipinski definition) is 0. The minimum Gasteiger partial charge on any atom is -0.452 e. The summed E-state index contributed by atoms with van der Waals surface area (Å²) in [7, 11) is 0. The average Bonchev–Trinajstić information content (AvgIpc) is 2.77. The maximum Gasteiger partial charge on any atom is 0.159 e. The number of ether oxygens (including phenoxy) is 1. The summed E-state index contributed by atoms with van der Waals surface area (Å²) in [5.41, 5.74) is 7.22. The minimum atomic E-state index is 0.891. The van der Waals surface area contributed by atoms with Crippen LogP contribution in [0.3, 0.4) is 0 Å². The van der Waals surface area contributed by atoms with E-state index in [2.05, 4.69) is 111 Å². The average molecular weight is 402 g/mol. The van der Waals surface area contributed by atoms with Gasteiger partial charge in [-0.05, 0) is 54.8 Å². The van der Waals surface area contributed by atoms with Crippen molar-refractivity contribution in [3.05, 3.63) is 102 Å². The molecule has 5 aromatic rings. The van der Waals surface area contributed by atoms with E-state index < -0.39 is 0 Å². The van der Waals surface area contributed by atoms with Crippen LogP contribution in [-0.4, -0.2) is 0 Å². The lowest BCUT2D eigenvalue weighted by Crippen LogP contribution is -2.18.